The molecule has 0 spiro atoms. The lowest BCUT2D eigenvalue weighted by Crippen LogP contribution is -2.03. The number of fused-ring (bicyclic) bond motifs is 18. The first-order valence-corrected chi connectivity index (χ1v) is 19.7. The predicted octanol–water partition coefficient (Wildman–Crippen LogP) is 14.2. The molecule has 8 aromatic carbocycles. The Morgan fingerprint density at radius 3 is 1.98 bits per heavy atom. The number of furan rings is 1. The zero-order chi connectivity index (χ0) is 35.1. The highest BCUT2D eigenvalue weighted by atomic mass is 32.1. The molecular formula is C48H25N3OS2. The lowest BCUT2D eigenvalue weighted by atomic mass is 10.00. The fourth-order valence-electron chi connectivity index (χ4n) is 8.94. The van der Waals surface area contributed by atoms with Crippen LogP contribution in [-0.2, 0) is 0 Å². The molecule has 0 saturated carbocycles. The van der Waals surface area contributed by atoms with Crippen LogP contribution in [-0.4, -0.2) is 14.5 Å². The second-order valence-electron chi connectivity index (χ2n) is 14.0. The van der Waals surface area contributed by atoms with Gasteiger partial charge in [0.15, 0.2) is 5.58 Å². The van der Waals surface area contributed by atoms with E-state index in [-0.39, 0.29) is 0 Å². The van der Waals surface area contributed by atoms with E-state index in [0.717, 1.165) is 49.5 Å². The van der Waals surface area contributed by atoms with Crippen molar-refractivity contribution < 1.29 is 4.42 Å². The zero-order valence-corrected chi connectivity index (χ0v) is 30.1. The average molecular weight is 724 g/mol. The third-order valence-corrected chi connectivity index (χ3v) is 13.6. The topological polar surface area (TPSA) is 43.9 Å². The molecule has 250 valence electrons. The summed E-state index contributed by atoms with van der Waals surface area (Å²) in [6, 6.07) is 54.3. The van der Waals surface area contributed by atoms with Gasteiger partial charge in [-0.25, -0.2) is 9.97 Å². The molecule has 4 nitrogen and oxygen atoms in total. The second kappa shape index (κ2) is 10.5. The van der Waals surface area contributed by atoms with E-state index in [1.165, 1.54) is 61.9 Å². The number of hydrogen-bond acceptors (Lipinski definition) is 5. The van der Waals surface area contributed by atoms with Gasteiger partial charge < -0.3 is 4.42 Å². The fraction of sp³-hybridized carbons (Fsp3) is 0. The van der Waals surface area contributed by atoms with Crippen LogP contribution in [0.5, 0.6) is 0 Å². The van der Waals surface area contributed by atoms with Crippen LogP contribution >= 0.6 is 22.7 Å². The van der Waals surface area contributed by atoms with E-state index in [0.29, 0.717) is 11.5 Å². The van der Waals surface area contributed by atoms with Gasteiger partial charge in [0.25, 0.3) is 0 Å². The van der Waals surface area contributed by atoms with Crippen LogP contribution < -0.4 is 0 Å². The summed E-state index contributed by atoms with van der Waals surface area (Å²) in [5.41, 5.74) is 6.37. The molecule has 0 fully saturated rings. The van der Waals surface area contributed by atoms with Crippen molar-refractivity contribution in [3.05, 3.63) is 152 Å². The number of nitrogens with zero attached hydrogens (tertiary/aromatic N) is 3. The molecule has 0 unspecified atom stereocenters. The monoisotopic (exact) mass is 723 g/mol. The highest BCUT2D eigenvalue weighted by Gasteiger charge is 2.26. The highest BCUT2D eigenvalue weighted by molar-refractivity contribution is 7.27. The molecular weight excluding hydrogens is 699 g/mol. The summed E-state index contributed by atoms with van der Waals surface area (Å²) in [6.07, 6.45) is 0. The summed E-state index contributed by atoms with van der Waals surface area (Å²) in [4.78, 5) is 11.2. The quantitative estimate of drug-likeness (QED) is 0.178. The van der Waals surface area contributed by atoms with Gasteiger partial charge in [-0.2, -0.15) is 0 Å². The standard InChI is InChI=1S/C48H25N3OS2/c1-2-13-27-26(12-1)24-25-36-40(27)43-45(52-36)42(34-20-11-19-30-28-14-6-9-22-37(28)53-46(30)34)49-48(50-43)51-35-21-8-5-17-32(35)39-29-15-3-4-16-31(29)47-41(44(39)51)33-18-7-10-23-38(33)54-47/h1-25H. The summed E-state index contributed by atoms with van der Waals surface area (Å²) in [5.74, 6) is 0.629. The van der Waals surface area contributed by atoms with E-state index >= 15 is 0 Å². The van der Waals surface area contributed by atoms with Crippen LogP contribution in [0.15, 0.2) is 156 Å². The van der Waals surface area contributed by atoms with E-state index in [2.05, 4.69) is 156 Å². The molecule has 0 aliphatic carbocycles. The van der Waals surface area contributed by atoms with E-state index in [9.17, 15) is 0 Å². The molecule has 0 N–H and O–H groups in total. The molecule has 6 heteroatoms. The van der Waals surface area contributed by atoms with Gasteiger partial charge in [-0.05, 0) is 40.4 Å². The molecule has 5 aromatic heterocycles. The molecule has 0 aliphatic rings. The van der Waals surface area contributed by atoms with Gasteiger partial charge in [-0.1, -0.05) is 127 Å². The van der Waals surface area contributed by atoms with Gasteiger partial charge in [0.2, 0.25) is 5.95 Å². The van der Waals surface area contributed by atoms with Gasteiger partial charge in [0.05, 0.1) is 16.4 Å². The zero-order valence-electron chi connectivity index (χ0n) is 28.5. The van der Waals surface area contributed by atoms with Crippen LogP contribution in [0, 0.1) is 0 Å². The summed E-state index contributed by atoms with van der Waals surface area (Å²) in [5, 5.41) is 13.1. The Morgan fingerprint density at radius 1 is 0.463 bits per heavy atom. The summed E-state index contributed by atoms with van der Waals surface area (Å²) in [7, 11) is 0. The summed E-state index contributed by atoms with van der Waals surface area (Å²) < 4.78 is 14.2. The minimum Gasteiger partial charge on any atom is -0.452 e. The molecule has 0 atom stereocenters. The molecule has 5 heterocycles. The van der Waals surface area contributed by atoms with Gasteiger partial charge >= 0.3 is 0 Å². The van der Waals surface area contributed by atoms with Crippen molar-refractivity contribution >= 4 is 128 Å². The minimum absolute atomic E-state index is 0.629. The average Bonchev–Trinajstić information content (AvgIpc) is 3.99. The predicted molar refractivity (Wildman–Crippen MR) is 230 cm³/mol. The SMILES string of the molecule is c1ccc2c(c1)ccc1oc3c(-c4cccc5c4sc4ccccc45)nc(-n4c5ccccc5c5c6ccccc6c6sc7ccccc7c6c54)nc3c12. The van der Waals surface area contributed by atoms with Crippen molar-refractivity contribution in [1.29, 1.82) is 0 Å². The first kappa shape index (κ1) is 28.9. The van der Waals surface area contributed by atoms with Gasteiger partial charge in [-0.15, -0.1) is 22.7 Å². The van der Waals surface area contributed by atoms with Crippen LogP contribution in [0.2, 0.25) is 0 Å². The van der Waals surface area contributed by atoms with E-state index < -0.39 is 0 Å². The maximum Gasteiger partial charge on any atom is 0.236 e. The van der Waals surface area contributed by atoms with Crippen molar-refractivity contribution in [1.82, 2.24) is 14.5 Å². The number of benzene rings is 8. The van der Waals surface area contributed by atoms with E-state index in [1.54, 1.807) is 0 Å². The molecule has 0 aliphatic heterocycles. The lowest BCUT2D eigenvalue weighted by Gasteiger charge is -2.12. The fourth-order valence-corrected chi connectivity index (χ4v) is 11.4. The molecule has 13 rings (SSSR count). The first-order valence-electron chi connectivity index (χ1n) is 18.1. The Hall–Kier alpha value is -6.60. The molecule has 0 bridgehead atoms. The van der Waals surface area contributed by atoms with Crippen LogP contribution in [0.1, 0.15) is 0 Å². The van der Waals surface area contributed by atoms with Crippen molar-refractivity contribution in [2.75, 3.05) is 0 Å². The molecule has 54 heavy (non-hydrogen) atoms. The minimum atomic E-state index is 0.629. The lowest BCUT2D eigenvalue weighted by molar-refractivity contribution is 0.667. The molecule has 13 aromatic rings. The van der Waals surface area contributed by atoms with Gasteiger partial charge in [0, 0.05) is 62.1 Å². The Bertz CT molecular complexity index is 3750. The Kier molecular flexibility index (Phi) is 5.63. The van der Waals surface area contributed by atoms with E-state index in [1.807, 2.05) is 22.7 Å². The van der Waals surface area contributed by atoms with Crippen LogP contribution in [0.25, 0.3) is 123 Å². The maximum atomic E-state index is 6.86. The molecule has 0 radical (unpaired) electrons. The normalized spacial score (nSPS) is 12.4. The largest absolute Gasteiger partial charge is 0.452 e. The Morgan fingerprint density at radius 2 is 1.11 bits per heavy atom. The summed E-state index contributed by atoms with van der Waals surface area (Å²) >= 11 is 3.67. The van der Waals surface area contributed by atoms with E-state index in [4.69, 9.17) is 14.4 Å². The van der Waals surface area contributed by atoms with Crippen LogP contribution in [0.4, 0.5) is 0 Å². The van der Waals surface area contributed by atoms with Crippen molar-refractivity contribution in [3.63, 3.8) is 0 Å². The molecule has 0 amide bonds. The van der Waals surface area contributed by atoms with Crippen LogP contribution in [0.3, 0.4) is 0 Å². The maximum absolute atomic E-state index is 6.86. The Balaban J connectivity index is 1.27. The highest BCUT2D eigenvalue weighted by Crippen LogP contribution is 2.49. The third-order valence-electron chi connectivity index (χ3n) is 11.2. The third kappa shape index (κ3) is 3.71. The van der Waals surface area contributed by atoms with Crippen molar-refractivity contribution in [2.45, 2.75) is 0 Å². The summed E-state index contributed by atoms with van der Waals surface area (Å²) in [6.45, 7) is 0. The number of thiophene rings is 2. The number of aromatic nitrogens is 3. The van der Waals surface area contributed by atoms with Crippen molar-refractivity contribution in [2.24, 2.45) is 0 Å². The number of para-hydroxylation sites is 1. The Labute approximate surface area is 314 Å². The smallest absolute Gasteiger partial charge is 0.236 e. The second-order valence-corrected chi connectivity index (χ2v) is 16.1. The molecule has 0 saturated heterocycles. The van der Waals surface area contributed by atoms with Crippen molar-refractivity contribution in [3.8, 4) is 17.2 Å². The van der Waals surface area contributed by atoms with Gasteiger partial charge in [0.1, 0.15) is 16.8 Å². The number of rotatable bonds is 2. The first-order chi connectivity index (χ1) is 26.8. The number of hydrogen-bond donors (Lipinski definition) is 0. The van der Waals surface area contributed by atoms with Gasteiger partial charge in [-0.3, -0.25) is 4.57 Å².